The van der Waals surface area contributed by atoms with Crippen molar-refractivity contribution >= 4 is 34.8 Å². The minimum atomic E-state index is -0.305. The second kappa shape index (κ2) is 8.82. The zero-order chi connectivity index (χ0) is 22.0. The van der Waals surface area contributed by atoms with E-state index >= 15 is 0 Å². The number of carbonyl (C=O) groups is 2. The first-order chi connectivity index (χ1) is 15.0. The van der Waals surface area contributed by atoms with Crippen LogP contribution < -0.4 is 9.64 Å². The van der Waals surface area contributed by atoms with Crippen molar-refractivity contribution in [3.8, 4) is 5.75 Å². The van der Waals surface area contributed by atoms with Gasteiger partial charge in [0.05, 0.1) is 23.3 Å². The van der Waals surface area contributed by atoms with Crippen molar-refractivity contribution in [2.45, 2.75) is 19.6 Å². The van der Waals surface area contributed by atoms with Crippen LogP contribution in [0.15, 0.2) is 77.7 Å². The normalized spacial score (nSPS) is 13.8. The Morgan fingerprint density at radius 1 is 0.871 bits per heavy atom. The van der Waals surface area contributed by atoms with Gasteiger partial charge >= 0.3 is 0 Å². The number of nitrogens with zero attached hydrogens (tertiary/aromatic N) is 1. The molecule has 1 aliphatic rings. The molecule has 0 fully saturated rings. The van der Waals surface area contributed by atoms with Crippen molar-refractivity contribution in [1.29, 1.82) is 0 Å². The third kappa shape index (κ3) is 4.14. The summed E-state index contributed by atoms with van der Waals surface area (Å²) < 4.78 is 5.29. The Balaban J connectivity index is 1.78. The maximum absolute atomic E-state index is 13.6. The topological polar surface area (TPSA) is 46.6 Å². The fourth-order valence-corrected chi connectivity index (χ4v) is 4.75. The number of hydrogen-bond acceptors (Lipinski definition) is 4. The van der Waals surface area contributed by atoms with E-state index in [-0.39, 0.29) is 11.8 Å². The lowest BCUT2D eigenvalue weighted by Gasteiger charge is -2.16. The Morgan fingerprint density at radius 3 is 2.35 bits per heavy atom. The second-order valence-corrected chi connectivity index (χ2v) is 8.43. The maximum Gasteiger partial charge on any atom is 0.272 e. The molecule has 2 amide bonds. The maximum atomic E-state index is 13.6. The molecule has 1 aliphatic heterocycles. The zero-order valence-electron chi connectivity index (χ0n) is 17.7. The Bertz CT molecular complexity index is 1180. The monoisotopic (exact) mass is 429 g/mol. The van der Waals surface area contributed by atoms with Crippen molar-refractivity contribution in [3.05, 3.63) is 100.0 Å². The van der Waals surface area contributed by atoms with E-state index in [9.17, 15) is 9.59 Å². The lowest BCUT2D eigenvalue weighted by Crippen LogP contribution is -2.31. The molecule has 0 unspecified atom stereocenters. The fourth-order valence-electron chi connectivity index (χ4n) is 3.69. The van der Waals surface area contributed by atoms with Crippen LogP contribution in [0.25, 0.3) is 5.57 Å². The molecule has 0 radical (unpaired) electrons. The number of benzene rings is 3. The van der Waals surface area contributed by atoms with Gasteiger partial charge in [-0.15, -0.1) is 11.8 Å². The quantitative estimate of drug-likeness (QED) is 0.484. The number of rotatable bonds is 6. The van der Waals surface area contributed by atoms with E-state index in [1.807, 2.05) is 62.4 Å². The van der Waals surface area contributed by atoms with Crippen LogP contribution >= 0.6 is 11.8 Å². The molecule has 0 atom stereocenters. The Morgan fingerprint density at radius 2 is 1.65 bits per heavy atom. The summed E-state index contributed by atoms with van der Waals surface area (Å²) >= 11 is 1.41. The lowest BCUT2D eigenvalue weighted by molar-refractivity contribution is -0.119. The van der Waals surface area contributed by atoms with Crippen LogP contribution in [0.2, 0.25) is 0 Å². The number of amides is 2. The van der Waals surface area contributed by atoms with Gasteiger partial charge in [-0.2, -0.15) is 0 Å². The largest absolute Gasteiger partial charge is 0.497 e. The average molecular weight is 430 g/mol. The second-order valence-electron chi connectivity index (χ2n) is 7.44. The highest BCUT2D eigenvalue weighted by atomic mass is 32.2. The van der Waals surface area contributed by atoms with Crippen LogP contribution in [-0.2, 0) is 15.3 Å². The predicted octanol–water partition coefficient (Wildman–Crippen LogP) is 5.53. The minimum absolute atomic E-state index is 0.297. The van der Waals surface area contributed by atoms with Crippen molar-refractivity contribution in [3.63, 3.8) is 0 Å². The molecule has 0 N–H and O–H groups in total. The molecule has 0 saturated heterocycles. The van der Waals surface area contributed by atoms with E-state index in [4.69, 9.17) is 4.74 Å². The van der Waals surface area contributed by atoms with E-state index in [2.05, 4.69) is 0 Å². The molecule has 0 saturated carbocycles. The molecule has 0 aromatic heterocycles. The summed E-state index contributed by atoms with van der Waals surface area (Å²) in [5.41, 5.74) is 4.95. The summed E-state index contributed by atoms with van der Waals surface area (Å²) in [5.74, 6) is 0.599. The van der Waals surface area contributed by atoms with Crippen LogP contribution in [0, 0.1) is 13.8 Å². The van der Waals surface area contributed by atoms with Crippen molar-refractivity contribution in [2.75, 3.05) is 12.0 Å². The zero-order valence-corrected chi connectivity index (χ0v) is 18.5. The summed E-state index contributed by atoms with van der Waals surface area (Å²) in [5, 5.41) is 0. The van der Waals surface area contributed by atoms with Gasteiger partial charge in [-0.05, 0) is 42.7 Å². The third-order valence-corrected chi connectivity index (χ3v) is 6.38. The number of hydrogen-bond donors (Lipinski definition) is 0. The van der Waals surface area contributed by atoms with Gasteiger partial charge in [0.15, 0.2) is 0 Å². The molecule has 5 heteroatoms. The van der Waals surface area contributed by atoms with Gasteiger partial charge in [0, 0.05) is 11.8 Å². The Hall–Kier alpha value is -3.31. The average Bonchev–Trinajstić information content (AvgIpc) is 3.02. The number of aryl methyl sites for hydroxylation is 2. The van der Waals surface area contributed by atoms with Gasteiger partial charge in [-0.1, -0.05) is 60.2 Å². The van der Waals surface area contributed by atoms with Gasteiger partial charge in [0.2, 0.25) is 0 Å². The van der Waals surface area contributed by atoms with Crippen LogP contribution in [0.1, 0.15) is 22.3 Å². The first-order valence-corrected chi connectivity index (χ1v) is 11.0. The smallest absolute Gasteiger partial charge is 0.272 e. The molecule has 3 aromatic carbocycles. The first-order valence-electron chi connectivity index (χ1n) is 10.0. The summed E-state index contributed by atoms with van der Waals surface area (Å²) in [4.78, 5) is 28.8. The summed E-state index contributed by atoms with van der Waals surface area (Å²) in [6, 6.07) is 22.9. The molecule has 4 nitrogen and oxygen atoms in total. The van der Waals surface area contributed by atoms with E-state index in [0.29, 0.717) is 27.7 Å². The predicted molar refractivity (Wildman–Crippen MR) is 126 cm³/mol. The molecule has 31 heavy (non-hydrogen) atoms. The Labute approximate surface area is 186 Å². The van der Waals surface area contributed by atoms with Gasteiger partial charge in [0.25, 0.3) is 11.8 Å². The molecule has 0 aliphatic carbocycles. The van der Waals surface area contributed by atoms with Crippen LogP contribution in [0.4, 0.5) is 5.69 Å². The minimum Gasteiger partial charge on any atom is -0.497 e. The molecule has 156 valence electrons. The summed E-state index contributed by atoms with van der Waals surface area (Å²) in [6.07, 6.45) is 0. The number of ether oxygens (including phenoxy) is 1. The molecule has 0 spiro atoms. The van der Waals surface area contributed by atoms with Gasteiger partial charge in [0.1, 0.15) is 5.75 Å². The van der Waals surface area contributed by atoms with Crippen molar-refractivity contribution < 1.29 is 14.3 Å². The van der Waals surface area contributed by atoms with Crippen molar-refractivity contribution in [2.24, 2.45) is 0 Å². The van der Waals surface area contributed by atoms with E-state index in [1.165, 1.54) is 16.7 Å². The summed E-state index contributed by atoms with van der Waals surface area (Å²) in [7, 11) is 1.56. The van der Waals surface area contributed by atoms with E-state index in [0.717, 1.165) is 22.3 Å². The van der Waals surface area contributed by atoms with Crippen LogP contribution in [0.5, 0.6) is 5.75 Å². The van der Waals surface area contributed by atoms with E-state index < -0.39 is 0 Å². The first kappa shape index (κ1) is 20.9. The summed E-state index contributed by atoms with van der Waals surface area (Å²) in [6.45, 7) is 3.99. The highest BCUT2D eigenvalue weighted by Gasteiger charge is 2.40. The molecule has 3 aromatic rings. The van der Waals surface area contributed by atoms with Gasteiger partial charge in [-0.3, -0.25) is 9.59 Å². The standard InChI is InChI=1S/C26H23NO3S/c1-17-12-13-22(18(2)14-17)23-24(31-16-19-8-5-4-6-9-19)26(29)27(25(23)28)20-10-7-11-21(15-20)30-3/h4-15H,16H2,1-3H3. The number of methoxy groups -OCH3 is 1. The molecule has 1 heterocycles. The van der Waals surface area contributed by atoms with E-state index in [1.54, 1.807) is 31.4 Å². The molecule has 4 rings (SSSR count). The van der Waals surface area contributed by atoms with Gasteiger partial charge in [-0.25, -0.2) is 4.90 Å². The van der Waals surface area contributed by atoms with Crippen LogP contribution in [0.3, 0.4) is 0 Å². The van der Waals surface area contributed by atoms with Crippen LogP contribution in [-0.4, -0.2) is 18.9 Å². The molecule has 0 bridgehead atoms. The number of thioether (sulfide) groups is 1. The number of anilines is 1. The van der Waals surface area contributed by atoms with Gasteiger partial charge < -0.3 is 4.74 Å². The molecular formula is C26H23NO3S. The highest BCUT2D eigenvalue weighted by Crippen LogP contribution is 2.41. The fraction of sp³-hybridized carbons (Fsp3) is 0.154. The Kier molecular flexibility index (Phi) is 5.96. The number of imide groups is 1. The number of carbonyl (C=O) groups excluding carboxylic acids is 2. The SMILES string of the molecule is COc1cccc(N2C(=O)C(SCc3ccccc3)=C(c3ccc(C)cc3C)C2=O)c1. The third-order valence-electron chi connectivity index (χ3n) is 5.23. The van der Waals surface area contributed by atoms with Crippen molar-refractivity contribution in [1.82, 2.24) is 0 Å². The highest BCUT2D eigenvalue weighted by molar-refractivity contribution is 8.03. The molecular weight excluding hydrogens is 406 g/mol. The lowest BCUT2D eigenvalue weighted by atomic mass is 9.99.